The van der Waals surface area contributed by atoms with Crippen LogP contribution in [0.4, 0.5) is 5.69 Å². The molecular formula is C20H18BrN5O3. The molecule has 0 saturated carbocycles. The van der Waals surface area contributed by atoms with E-state index in [0.29, 0.717) is 18.0 Å². The molecule has 0 saturated heterocycles. The number of carbonyl (C=O) groups is 2. The second kappa shape index (κ2) is 8.04. The number of carbonyl (C=O) groups excluding carboxylic acids is 2. The third-order valence-electron chi connectivity index (χ3n) is 4.48. The Morgan fingerprint density at radius 1 is 1.28 bits per heavy atom. The van der Waals surface area contributed by atoms with Crippen LogP contribution in [0.25, 0.3) is 0 Å². The van der Waals surface area contributed by atoms with Gasteiger partial charge in [0.25, 0.3) is 11.8 Å². The second-order valence-electron chi connectivity index (χ2n) is 6.66. The minimum absolute atomic E-state index is 0.00885. The molecule has 0 unspecified atom stereocenters. The van der Waals surface area contributed by atoms with Crippen LogP contribution in [-0.4, -0.2) is 38.7 Å². The number of fused-ring (bicyclic) bond motifs is 1. The lowest BCUT2D eigenvalue weighted by molar-refractivity contribution is -0.119. The lowest BCUT2D eigenvalue weighted by Gasteiger charge is -2.20. The van der Waals surface area contributed by atoms with Gasteiger partial charge < -0.3 is 15.4 Å². The predicted molar refractivity (Wildman–Crippen MR) is 110 cm³/mol. The Hall–Kier alpha value is -3.20. The van der Waals surface area contributed by atoms with E-state index in [2.05, 4.69) is 36.6 Å². The topological polar surface area (TPSA) is 98.1 Å². The standard InChI is InChI=1S/C20H18BrN5O3/c1-12-17(19(27)23-15-9-14(21)7-8-16(15)29-12)24-20(28)18-22-11-26(25-18)10-13-5-3-2-4-6-13/h2-9,11-12,17H,10H2,1H3,(H,23,27)(H,24,28)/t12-,17+/m1/s1. The quantitative estimate of drug-likeness (QED) is 0.629. The summed E-state index contributed by atoms with van der Waals surface area (Å²) in [5.74, 6) is -0.382. The van der Waals surface area contributed by atoms with Crippen LogP contribution in [0.1, 0.15) is 23.1 Å². The number of nitrogens with one attached hydrogen (secondary N) is 2. The minimum Gasteiger partial charge on any atom is -0.486 e. The molecule has 2 N–H and O–H groups in total. The molecule has 0 radical (unpaired) electrons. The molecule has 3 aromatic rings. The zero-order valence-electron chi connectivity index (χ0n) is 15.5. The molecular weight excluding hydrogens is 438 g/mol. The van der Waals surface area contributed by atoms with Crippen LogP contribution in [-0.2, 0) is 11.3 Å². The number of amides is 2. The third kappa shape index (κ3) is 4.29. The Balaban J connectivity index is 1.46. The fourth-order valence-corrected chi connectivity index (χ4v) is 3.39. The number of hydrogen-bond acceptors (Lipinski definition) is 5. The van der Waals surface area contributed by atoms with Gasteiger partial charge in [0.05, 0.1) is 12.2 Å². The molecule has 0 spiro atoms. The van der Waals surface area contributed by atoms with Crippen molar-refractivity contribution in [2.45, 2.75) is 25.6 Å². The van der Waals surface area contributed by atoms with Gasteiger partial charge in [0, 0.05) is 4.47 Å². The summed E-state index contributed by atoms with van der Waals surface area (Å²) >= 11 is 3.37. The summed E-state index contributed by atoms with van der Waals surface area (Å²) in [4.78, 5) is 29.3. The van der Waals surface area contributed by atoms with E-state index in [-0.39, 0.29) is 11.7 Å². The van der Waals surface area contributed by atoms with E-state index in [1.165, 1.54) is 6.33 Å². The number of hydrogen-bond donors (Lipinski definition) is 2. The molecule has 4 rings (SSSR count). The maximum absolute atomic E-state index is 12.6. The Morgan fingerprint density at radius 3 is 2.86 bits per heavy atom. The number of rotatable bonds is 4. The van der Waals surface area contributed by atoms with Crippen molar-refractivity contribution in [2.75, 3.05) is 5.32 Å². The van der Waals surface area contributed by atoms with Crippen LogP contribution in [0.5, 0.6) is 5.75 Å². The molecule has 2 amide bonds. The molecule has 9 heteroatoms. The van der Waals surface area contributed by atoms with E-state index in [1.54, 1.807) is 23.7 Å². The number of anilines is 1. The van der Waals surface area contributed by atoms with Gasteiger partial charge >= 0.3 is 0 Å². The fraction of sp³-hybridized carbons (Fsp3) is 0.200. The third-order valence-corrected chi connectivity index (χ3v) is 4.97. The maximum atomic E-state index is 12.6. The molecule has 2 heterocycles. The van der Waals surface area contributed by atoms with E-state index in [1.807, 2.05) is 36.4 Å². The SMILES string of the molecule is C[C@H]1Oc2ccc(Br)cc2NC(=O)[C@H]1NC(=O)c1ncn(Cc2ccccc2)n1. The monoisotopic (exact) mass is 455 g/mol. The lowest BCUT2D eigenvalue weighted by atomic mass is 10.1. The van der Waals surface area contributed by atoms with E-state index in [4.69, 9.17) is 4.74 Å². The smallest absolute Gasteiger partial charge is 0.291 e. The molecule has 1 aliphatic rings. The van der Waals surface area contributed by atoms with Crippen molar-refractivity contribution >= 4 is 33.4 Å². The fourth-order valence-electron chi connectivity index (χ4n) is 3.03. The first-order valence-electron chi connectivity index (χ1n) is 9.01. The average molecular weight is 456 g/mol. The summed E-state index contributed by atoms with van der Waals surface area (Å²) in [6.45, 7) is 2.22. The van der Waals surface area contributed by atoms with Gasteiger partial charge in [-0.15, -0.1) is 5.10 Å². The van der Waals surface area contributed by atoms with Crippen LogP contribution in [0.15, 0.2) is 59.3 Å². The van der Waals surface area contributed by atoms with Gasteiger partial charge in [-0.05, 0) is 30.7 Å². The van der Waals surface area contributed by atoms with E-state index in [9.17, 15) is 9.59 Å². The summed E-state index contributed by atoms with van der Waals surface area (Å²) in [6.07, 6.45) is 0.912. The van der Waals surface area contributed by atoms with E-state index in [0.717, 1.165) is 10.0 Å². The van der Waals surface area contributed by atoms with Crippen LogP contribution >= 0.6 is 15.9 Å². The molecule has 1 aliphatic heterocycles. The van der Waals surface area contributed by atoms with Crippen molar-refractivity contribution in [3.63, 3.8) is 0 Å². The average Bonchev–Trinajstić information content (AvgIpc) is 3.13. The largest absolute Gasteiger partial charge is 0.486 e. The van der Waals surface area contributed by atoms with E-state index >= 15 is 0 Å². The number of ether oxygens (including phenoxy) is 1. The summed E-state index contributed by atoms with van der Waals surface area (Å²) in [5, 5.41) is 9.67. The molecule has 1 aromatic heterocycles. The first-order valence-corrected chi connectivity index (χ1v) is 9.80. The normalized spacial score (nSPS) is 18.2. The first kappa shape index (κ1) is 19.1. The highest BCUT2D eigenvalue weighted by atomic mass is 79.9. The lowest BCUT2D eigenvalue weighted by Crippen LogP contribution is -2.51. The molecule has 0 aliphatic carbocycles. The van der Waals surface area contributed by atoms with Gasteiger partial charge in [-0.2, -0.15) is 0 Å². The summed E-state index contributed by atoms with van der Waals surface area (Å²) in [7, 11) is 0. The van der Waals surface area contributed by atoms with E-state index < -0.39 is 18.1 Å². The van der Waals surface area contributed by atoms with Gasteiger partial charge in [-0.3, -0.25) is 9.59 Å². The second-order valence-corrected chi connectivity index (χ2v) is 7.57. The molecule has 148 valence electrons. The van der Waals surface area contributed by atoms with Crippen molar-refractivity contribution in [3.05, 3.63) is 70.7 Å². The summed E-state index contributed by atoms with van der Waals surface area (Å²) in [5.41, 5.74) is 1.58. The van der Waals surface area contributed by atoms with Gasteiger partial charge in [-0.25, -0.2) is 9.67 Å². The highest BCUT2D eigenvalue weighted by Gasteiger charge is 2.33. The highest BCUT2D eigenvalue weighted by Crippen LogP contribution is 2.31. The Kier molecular flexibility index (Phi) is 5.30. The van der Waals surface area contributed by atoms with Crippen LogP contribution in [0, 0.1) is 0 Å². The summed E-state index contributed by atoms with van der Waals surface area (Å²) < 4.78 is 8.23. The molecule has 0 fully saturated rings. The van der Waals surface area contributed by atoms with Crippen molar-refractivity contribution in [3.8, 4) is 5.75 Å². The molecule has 0 bridgehead atoms. The van der Waals surface area contributed by atoms with Gasteiger partial charge in [-0.1, -0.05) is 46.3 Å². The van der Waals surface area contributed by atoms with Gasteiger partial charge in [0.1, 0.15) is 24.2 Å². The summed E-state index contributed by atoms with van der Waals surface area (Å²) in [6, 6.07) is 14.2. The van der Waals surface area contributed by atoms with Crippen molar-refractivity contribution in [1.29, 1.82) is 0 Å². The van der Waals surface area contributed by atoms with Gasteiger partial charge in [0.2, 0.25) is 5.82 Å². The minimum atomic E-state index is -0.894. The number of nitrogens with zero attached hydrogens (tertiary/aromatic N) is 3. The Morgan fingerprint density at radius 2 is 2.07 bits per heavy atom. The molecule has 29 heavy (non-hydrogen) atoms. The van der Waals surface area contributed by atoms with Crippen molar-refractivity contribution in [1.82, 2.24) is 20.1 Å². The van der Waals surface area contributed by atoms with Crippen LogP contribution in [0.3, 0.4) is 0 Å². The zero-order chi connectivity index (χ0) is 20.4. The van der Waals surface area contributed by atoms with Crippen molar-refractivity contribution < 1.29 is 14.3 Å². The zero-order valence-corrected chi connectivity index (χ0v) is 17.1. The molecule has 2 atom stereocenters. The Labute approximate surface area is 175 Å². The molecule has 2 aromatic carbocycles. The molecule has 8 nitrogen and oxygen atoms in total. The van der Waals surface area contributed by atoms with Crippen LogP contribution < -0.4 is 15.4 Å². The number of aromatic nitrogens is 3. The van der Waals surface area contributed by atoms with Crippen LogP contribution in [0.2, 0.25) is 0 Å². The van der Waals surface area contributed by atoms with Crippen molar-refractivity contribution in [2.24, 2.45) is 0 Å². The number of benzene rings is 2. The van der Waals surface area contributed by atoms with Gasteiger partial charge in [0.15, 0.2) is 0 Å². The Bertz CT molecular complexity index is 1050. The maximum Gasteiger partial charge on any atom is 0.291 e. The predicted octanol–water partition coefficient (Wildman–Crippen LogP) is 2.61. The first-order chi connectivity index (χ1) is 14.0. The number of halogens is 1. The highest BCUT2D eigenvalue weighted by molar-refractivity contribution is 9.10.